The smallest absolute Gasteiger partial charge is 0.306 e. The zero-order valence-electron chi connectivity index (χ0n) is 40.2. The molecule has 0 aromatic heterocycles. The number of carbonyl (C=O) groups is 1. The maximum atomic E-state index is 13.0. The lowest BCUT2D eigenvalue weighted by atomic mass is 9.98. The normalized spacial score (nSPS) is 26.8. The predicted molar refractivity (Wildman–Crippen MR) is 252 cm³/mol. The fourth-order valence-corrected chi connectivity index (χ4v) is 7.94. The lowest BCUT2D eigenvalue weighted by Crippen LogP contribution is -2.61. The van der Waals surface area contributed by atoms with Crippen molar-refractivity contribution in [2.24, 2.45) is 0 Å². The van der Waals surface area contributed by atoms with Crippen LogP contribution in [0.2, 0.25) is 0 Å². The second-order valence-corrected chi connectivity index (χ2v) is 18.0. The van der Waals surface area contributed by atoms with Gasteiger partial charge in [0.15, 0.2) is 12.6 Å². The van der Waals surface area contributed by atoms with Gasteiger partial charge in [0.25, 0.3) is 0 Å². The topological polar surface area (TPSA) is 214 Å². The summed E-state index contributed by atoms with van der Waals surface area (Å²) >= 11 is 0. The third kappa shape index (κ3) is 27.1. The molecule has 0 bridgehead atoms. The Hall–Kier alpha value is -1.79. The van der Waals surface area contributed by atoms with E-state index in [1.807, 2.05) is 0 Å². The zero-order valence-corrected chi connectivity index (χ0v) is 40.2. The van der Waals surface area contributed by atoms with Crippen molar-refractivity contribution in [3.63, 3.8) is 0 Å². The van der Waals surface area contributed by atoms with Gasteiger partial charge in [0.05, 0.1) is 26.4 Å². The quantitative estimate of drug-likeness (QED) is 0.0181. The average molecular weight is 929 g/mol. The minimum Gasteiger partial charge on any atom is -0.457 e. The summed E-state index contributed by atoms with van der Waals surface area (Å²) in [7, 11) is 0. The van der Waals surface area contributed by atoms with Gasteiger partial charge in [-0.1, -0.05) is 159 Å². The van der Waals surface area contributed by atoms with Gasteiger partial charge in [-0.3, -0.25) is 4.79 Å². The second kappa shape index (κ2) is 39.1. The Kier molecular flexibility index (Phi) is 35.7. The number of unbranched alkanes of at least 4 members (excludes halogenated alkanes) is 20. The highest BCUT2D eigenvalue weighted by atomic mass is 16.7. The van der Waals surface area contributed by atoms with E-state index < -0.39 is 80.7 Å². The van der Waals surface area contributed by atoms with Gasteiger partial charge in [-0.05, 0) is 51.4 Å². The zero-order chi connectivity index (χ0) is 47.3. The van der Waals surface area contributed by atoms with E-state index >= 15 is 0 Å². The van der Waals surface area contributed by atoms with E-state index in [1.165, 1.54) is 96.3 Å². The molecule has 0 radical (unpaired) electrons. The molecule has 0 spiro atoms. The third-order valence-electron chi connectivity index (χ3n) is 12.2. The van der Waals surface area contributed by atoms with E-state index in [2.05, 4.69) is 50.3 Å². The minimum absolute atomic E-state index is 0.0595. The van der Waals surface area contributed by atoms with Crippen LogP contribution in [0.25, 0.3) is 0 Å². The molecule has 2 heterocycles. The molecule has 0 aliphatic carbocycles. The highest BCUT2D eigenvalue weighted by Gasteiger charge is 2.47. The van der Waals surface area contributed by atoms with Gasteiger partial charge >= 0.3 is 5.97 Å². The van der Waals surface area contributed by atoms with Crippen LogP contribution in [0.3, 0.4) is 0 Å². The van der Waals surface area contributed by atoms with Crippen molar-refractivity contribution in [3.8, 4) is 0 Å². The van der Waals surface area contributed by atoms with Gasteiger partial charge in [0, 0.05) is 13.0 Å². The molecule has 0 aromatic carbocycles. The molecule has 380 valence electrons. The van der Waals surface area contributed by atoms with Gasteiger partial charge in [0.2, 0.25) is 0 Å². The molecule has 2 saturated heterocycles. The summed E-state index contributed by atoms with van der Waals surface area (Å²) in [6, 6.07) is 0. The monoisotopic (exact) mass is 929 g/mol. The van der Waals surface area contributed by atoms with Crippen LogP contribution in [-0.4, -0.2) is 142 Å². The van der Waals surface area contributed by atoms with E-state index in [0.717, 1.165) is 57.8 Å². The first-order valence-electron chi connectivity index (χ1n) is 25.6. The molecule has 2 fully saturated rings. The summed E-state index contributed by atoms with van der Waals surface area (Å²) in [6.45, 7) is 3.64. The first-order chi connectivity index (χ1) is 31.6. The number of allylic oxidation sites excluding steroid dienone is 6. The van der Waals surface area contributed by atoms with Crippen molar-refractivity contribution in [2.75, 3.05) is 33.0 Å². The fourth-order valence-electron chi connectivity index (χ4n) is 7.94. The molecule has 14 heteroatoms. The van der Waals surface area contributed by atoms with E-state index in [1.54, 1.807) is 0 Å². The Labute approximate surface area is 391 Å². The fraction of sp³-hybridized carbons (Fsp3) is 0.863. The summed E-state index contributed by atoms with van der Waals surface area (Å²) in [5, 5.41) is 71.9. The lowest BCUT2D eigenvalue weighted by molar-refractivity contribution is -0.332. The lowest BCUT2D eigenvalue weighted by Gasteiger charge is -2.42. The largest absolute Gasteiger partial charge is 0.457 e. The number of ether oxygens (including phenoxy) is 6. The summed E-state index contributed by atoms with van der Waals surface area (Å²) in [4.78, 5) is 13.0. The Bertz CT molecular complexity index is 1220. The average Bonchev–Trinajstić information content (AvgIpc) is 3.30. The van der Waals surface area contributed by atoms with Crippen LogP contribution >= 0.6 is 0 Å². The number of aliphatic hydroxyl groups is 7. The van der Waals surface area contributed by atoms with Gasteiger partial charge in [-0.15, -0.1) is 0 Å². The third-order valence-corrected chi connectivity index (χ3v) is 12.2. The number of carbonyl (C=O) groups excluding carboxylic acids is 1. The first-order valence-corrected chi connectivity index (χ1v) is 25.6. The van der Waals surface area contributed by atoms with E-state index in [-0.39, 0.29) is 25.6 Å². The van der Waals surface area contributed by atoms with Crippen molar-refractivity contribution >= 4 is 5.97 Å². The SMILES string of the molecule is CCCCCCC/C=C\C/C=C\C/C=C\CCCCCCCCCCC(=O)OC(COCCCCCCCCCC)COC1OC(COC2OC(CO)C(O)C(O)C2O)C(O)C(O)C1O. The van der Waals surface area contributed by atoms with Gasteiger partial charge < -0.3 is 64.2 Å². The van der Waals surface area contributed by atoms with E-state index in [0.29, 0.717) is 13.0 Å². The van der Waals surface area contributed by atoms with Crippen molar-refractivity contribution in [1.29, 1.82) is 0 Å². The summed E-state index contributed by atoms with van der Waals surface area (Å²) in [5.41, 5.74) is 0. The van der Waals surface area contributed by atoms with Gasteiger partial charge in [0.1, 0.15) is 54.9 Å². The van der Waals surface area contributed by atoms with Crippen molar-refractivity contribution in [3.05, 3.63) is 36.5 Å². The molecule has 2 rings (SSSR count). The van der Waals surface area contributed by atoms with Crippen LogP contribution in [-0.2, 0) is 33.2 Å². The van der Waals surface area contributed by atoms with Crippen LogP contribution < -0.4 is 0 Å². The van der Waals surface area contributed by atoms with E-state index in [4.69, 9.17) is 28.4 Å². The summed E-state index contributed by atoms with van der Waals surface area (Å²) in [6.07, 6.45) is 26.5. The van der Waals surface area contributed by atoms with Crippen LogP contribution in [0, 0.1) is 0 Å². The molecular formula is C51H92O14. The van der Waals surface area contributed by atoms with Crippen molar-refractivity contribution in [2.45, 2.75) is 248 Å². The van der Waals surface area contributed by atoms with Crippen LogP contribution in [0.1, 0.15) is 181 Å². The standard InChI is InChI=1S/C51H92O14/c1-3-5-7-9-11-13-14-15-16-17-18-19-20-21-22-23-24-25-26-27-28-30-32-34-43(53)63-40(37-60-35-33-31-29-12-10-8-6-4-2)38-61-50-49(59)47(57)45(55)42(65-50)39-62-51-48(58)46(56)44(54)41(36-52)64-51/h14-15,17-18,20-21,40-42,44-52,54-59H,3-13,16,19,22-39H2,1-2H3/b15-14-,18-17-,21-20-. The molecule has 2 aliphatic heterocycles. The summed E-state index contributed by atoms with van der Waals surface area (Å²) < 4.78 is 34.1. The van der Waals surface area contributed by atoms with Gasteiger partial charge in [-0.25, -0.2) is 0 Å². The predicted octanol–water partition coefficient (Wildman–Crippen LogP) is 7.41. The Morgan fingerprint density at radius 3 is 1.49 bits per heavy atom. The number of hydrogen-bond acceptors (Lipinski definition) is 14. The highest BCUT2D eigenvalue weighted by molar-refractivity contribution is 5.69. The highest BCUT2D eigenvalue weighted by Crippen LogP contribution is 2.26. The molecular weight excluding hydrogens is 837 g/mol. The maximum Gasteiger partial charge on any atom is 0.306 e. The van der Waals surface area contributed by atoms with E-state index in [9.17, 15) is 40.5 Å². The molecule has 0 aromatic rings. The van der Waals surface area contributed by atoms with Crippen LogP contribution in [0.4, 0.5) is 0 Å². The molecule has 7 N–H and O–H groups in total. The van der Waals surface area contributed by atoms with Crippen LogP contribution in [0.15, 0.2) is 36.5 Å². The first kappa shape index (κ1) is 59.3. The summed E-state index contributed by atoms with van der Waals surface area (Å²) in [5.74, 6) is -0.385. The van der Waals surface area contributed by atoms with Crippen molar-refractivity contribution in [1.82, 2.24) is 0 Å². The second-order valence-electron chi connectivity index (χ2n) is 18.0. The Morgan fingerprint density at radius 1 is 0.508 bits per heavy atom. The number of aliphatic hydroxyl groups excluding tert-OH is 7. The molecule has 11 unspecified atom stereocenters. The Balaban J connectivity index is 1.70. The van der Waals surface area contributed by atoms with Gasteiger partial charge in [-0.2, -0.15) is 0 Å². The minimum atomic E-state index is -1.71. The molecule has 0 amide bonds. The van der Waals surface area contributed by atoms with Crippen LogP contribution in [0.5, 0.6) is 0 Å². The molecule has 14 nitrogen and oxygen atoms in total. The molecule has 65 heavy (non-hydrogen) atoms. The number of esters is 1. The maximum absolute atomic E-state index is 13.0. The molecule has 0 saturated carbocycles. The number of rotatable bonds is 40. The molecule has 2 aliphatic rings. The van der Waals surface area contributed by atoms with Crippen molar-refractivity contribution < 1.29 is 69.0 Å². The number of hydrogen-bond donors (Lipinski definition) is 7. The molecule has 11 atom stereocenters. The Morgan fingerprint density at radius 2 is 0.954 bits per heavy atom.